The minimum Gasteiger partial charge on any atom is -0.336 e. The summed E-state index contributed by atoms with van der Waals surface area (Å²) in [6.07, 6.45) is 6.75. The number of halogens is 2. The fraction of sp³-hybridized carbons (Fsp3) is 0.409. The molecule has 3 rings (SSSR count). The highest BCUT2D eigenvalue weighted by Crippen LogP contribution is 2.25. The molecule has 0 atom stereocenters. The molecule has 2 aromatic carbocycles. The van der Waals surface area contributed by atoms with Crippen LogP contribution in [0.4, 0.5) is 8.78 Å². The van der Waals surface area contributed by atoms with Crippen LogP contribution in [0, 0.1) is 11.6 Å². The first-order chi connectivity index (χ1) is 12.6. The lowest BCUT2D eigenvalue weighted by molar-refractivity contribution is 0.0631. The van der Waals surface area contributed by atoms with Gasteiger partial charge in [0.2, 0.25) is 0 Å². The quantitative estimate of drug-likeness (QED) is 0.680. The molecule has 0 radical (unpaired) electrons. The van der Waals surface area contributed by atoms with Crippen molar-refractivity contribution in [2.24, 2.45) is 0 Å². The van der Waals surface area contributed by atoms with E-state index >= 15 is 0 Å². The van der Waals surface area contributed by atoms with Crippen LogP contribution in [0.1, 0.15) is 54.4 Å². The first-order valence-electron chi connectivity index (χ1n) is 9.45. The van der Waals surface area contributed by atoms with Crippen molar-refractivity contribution in [2.45, 2.75) is 51.0 Å². The van der Waals surface area contributed by atoms with Gasteiger partial charge in [-0.2, -0.15) is 0 Å². The monoisotopic (exact) mass is 357 g/mol. The third kappa shape index (κ3) is 4.69. The second-order valence-corrected chi connectivity index (χ2v) is 7.00. The maximum atomic E-state index is 13.8. The van der Waals surface area contributed by atoms with Crippen molar-refractivity contribution in [1.29, 1.82) is 0 Å². The average molecular weight is 357 g/mol. The molecule has 2 aromatic rings. The Balaban J connectivity index is 1.68. The van der Waals surface area contributed by atoms with Gasteiger partial charge in [-0.1, -0.05) is 43.5 Å². The summed E-state index contributed by atoms with van der Waals surface area (Å²) in [7, 11) is 0. The minimum atomic E-state index is -0.561. The Morgan fingerprint density at radius 1 is 1.00 bits per heavy atom. The molecule has 26 heavy (non-hydrogen) atoms. The molecule has 138 valence electrons. The Morgan fingerprint density at radius 3 is 2.42 bits per heavy atom. The van der Waals surface area contributed by atoms with Gasteiger partial charge in [0, 0.05) is 24.2 Å². The normalized spacial score (nSPS) is 15.0. The third-order valence-electron chi connectivity index (χ3n) is 5.16. The predicted octanol–water partition coefficient (Wildman–Crippen LogP) is 5.37. The number of nitrogens with zero attached hydrogens (tertiary/aromatic N) is 1. The Hall–Kier alpha value is -2.23. The van der Waals surface area contributed by atoms with Gasteiger partial charge in [0.05, 0.1) is 0 Å². The van der Waals surface area contributed by atoms with Crippen molar-refractivity contribution in [2.75, 3.05) is 6.54 Å². The lowest BCUT2D eigenvalue weighted by Gasteiger charge is -2.34. The second-order valence-electron chi connectivity index (χ2n) is 7.00. The number of carbonyl (C=O) groups is 1. The van der Waals surface area contributed by atoms with Crippen LogP contribution >= 0.6 is 0 Å². The van der Waals surface area contributed by atoms with Crippen LogP contribution in [0.3, 0.4) is 0 Å². The first-order valence-corrected chi connectivity index (χ1v) is 9.45. The highest BCUT2D eigenvalue weighted by molar-refractivity contribution is 5.94. The van der Waals surface area contributed by atoms with E-state index in [1.165, 1.54) is 18.6 Å². The number of amides is 1. The number of carbonyl (C=O) groups excluding carboxylic acids is 1. The predicted molar refractivity (Wildman–Crippen MR) is 99.0 cm³/mol. The molecule has 0 N–H and O–H groups in total. The fourth-order valence-corrected chi connectivity index (χ4v) is 3.75. The number of rotatable bonds is 6. The van der Waals surface area contributed by atoms with Gasteiger partial charge in [0.1, 0.15) is 11.6 Å². The minimum absolute atomic E-state index is 0.0529. The van der Waals surface area contributed by atoms with E-state index in [4.69, 9.17) is 0 Å². The van der Waals surface area contributed by atoms with Crippen molar-refractivity contribution < 1.29 is 13.6 Å². The van der Waals surface area contributed by atoms with E-state index < -0.39 is 11.6 Å². The summed E-state index contributed by atoms with van der Waals surface area (Å²) < 4.78 is 26.9. The van der Waals surface area contributed by atoms with Crippen LogP contribution in [-0.4, -0.2) is 23.4 Å². The van der Waals surface area contributed by atoms with E-state index in [9.17, 15) is 13.6 Å². The van der Waals surface area contributed by atoms with Crippen molar-refractivity contribution in [1.82, 2.24) is 4.90 Å². The molecule has 1 fully saturated rings. The molecule has 0 aliphatic heterocycles. The van der Waals surface area contributed by atoms with E-state index in [-0.39, 0.29) is 11.9 Å². The summed E-state index contributed by atoms with van der Waals surface area (Å²) in [5, 5.41) is 0. The SMILES string of the molecule is O=C(c1ccccc1)N(CCCc1ccc(F)cc1F)C1CCCCC1. The lowest BCUT2D eigenvalue weighted by Crippen LogP contribution is -2.42. The summed E-state index contributed by atoms with van der Waals surface area (Å²) in [6.45, 7) is 0.592. The standard InChI is InChI=1S/C22H25F2NO/c23-19-14-13-17(21(24)16-19)10-7-15-25(20-11-5-2-6-12-20)22(26)18-8-3-1-4-9-18/h1,3-4,8-9,13-14,16,20H,2,5-7,10-12,15H2. The second kappa shape index (κ2) is 8.93. The molecule has 1 aliphatic rings. The van der Waals surface area contributed by atoms with E-state index in [0.717, 1.165) is 31.7 Å². The van der Waals surface area contributed by atoms with Crippen LogP contribution in [0.5, 0.6) is 0 Å². The van der Waals surface area contributed by atoms with Gasteiger partial charge in [-0.05, 0) is 49.4 Å². The Bertz CT molecular complexity index is 726. The largest absolute Gasteiger partial charge is 0.336 e. The van der Waals surface area contributed by atoms with Gasteiger partial charge in [-0.15, -0.1) is 0 Å². The van der Waals surface area contributed by atoms with Crippen LogP contribution < -0.4 is 0 Å². The van der Waals surface area contributed by atoms with Crippen molar-refractivity contribution in [3.05, 3.63) is 71.3 Å². The van der Waals surface area contributed by atoms with Gasteiger partial charge in [0.25, 0.3) is 5.91 Å². The molecule has 1 saturated carbocycles. The summed E-state index contributed by atoms with van der Waals surface area (Å²) in [6, 6.07) is 13.3. The lowest BCUT2D eigenvalue weighted by atomic mass is 9.93. The molecule has 0 aromatic heterocycles. The zero-order valence-corrected chi connectivity index (χ0v) is 15.0. The van der Waals surface area contributed by atoms with Gasteiger partial charge >= 0.3 is 0 Å². The highest BCUT2D eigenvalue weighted by Gasteiger charge is 2.25. The molecule has 1 aliphatic carbocycles. The van der Waals surface area contributed by atoms with Crippen molar-refractivity contribution >= 4 is 5.91 Å². The van der Waals surface area contributed by atoms with Crippen molar-refractivity contribution in [3.8, 4) is 0 Å². The molecule has 2 nitrogen and oxygen atoms in total. The zero-order valence-electron chi connectivity index (χ0n) is 15.0. The number of aryl methyl sites for hydroxylation is 1. The molecule has 0 heterocycles. The van der Waals surface area contributed by atoms with E-state index in [0.29, 0.717) is 30.5 Å². The summed E-state index contributed by atoms with van der Waals surface area (Å²) in [5.74, 6) is -1.02. The van der Waals surface area contributed by atoms with Gasteiger partial charge in [-0.25, -0.2) is 8.78 Å². The number of benzene rings is 2. The van der Waals surface area contributed by atoms with Crippen LogP contribution in [0.15, 0.2) is 48.5 Å². The maximum absolute atomic E-state index is 13.8. The molecule has 4 heteroatoms. The number of hydrogen-bond donors (Lipinski definition) is 0. The van der Waals surface area contributed by atoms with Crippen LogP contribution in [0.2, 0.25) is 0 Å². The first kappa shape index (κ1) is 18.6. The number of hydrogen-bond acceptors (Lipinski definition) is 1. The molecule has 0 saturated heterocycles. The molecule has 0 bridgehead atoms. The summed E-state index contributed by atoms with van der Waals surface area (Å²) in [5.41, 5.74) is 1.20. The van der Waals surface area contributed by atoms with E-state index in [1.807, 2.05) is 35.2 Å². The summed E-state index contributed by atoms with van der Waals surface area (Å²) in [4.78, 5) is 15.0. The van der Waals surface area contributed by atoms with Crippen molar-refractivity contribution in [3.63, 3.8) is 0 Å². The molecule has 1 amide bonds. The molecule has 0 spiro atoms. The van der Waals surface area contributed by atoms with E-state index in [2.05, 4.69) is 0 Å². The molecular weight excluding hydrogens is 332 g/mol. The van der Waals surface area contributed by atoms with Gasteiger partial charge < -0.3 is 4.90 Å². The maximum Gasteiger partial charge on any atom is 0.254 e. The Morgan fingerprint density at radius 2 is 1.73 bits per heavy atom. The summed E-state index contributed by atoms with van der Waals surface area (Å²) >= 11 is 0. The average Bonchev–Trinajstić information content (AvgIpc) is 2.67. The highest BCUT2D eigenvalue weighted by atomic mass is 19.1. The molecular formula is C22H25F2NO. The third-order valence-corrected chi connectivity index (χ3v) is 5.16. The Labute approximate surface area is 153 Å². The van der Waals surface area contributed by atoms with Gasteiger partial charge in [-0.3, -0.25) is 4.79 Å². The van der Waals surface area contributed by atoms with Crippen LogP contribution in [0.25, 0.3) is 0 Å². The fourth-order valence-electron chi connectivity index (χ4n) is 3.75. The topological polar surface area (TPSA) is 20.3 Å². The van der Waals surface area contributed by atoms with Gasteiger partial charge in [0.15, 0.2) is 0 Å². The Kier molecular flexibility index (Phi) is 6.37. The molecule has 0 unspecified atom stereocenters. The smallest absolute Gasteiger partial charge is 0.254 e. The van der Waals surface area contributed by atoms with Crippen LogP contribution in [-0.2, 0) is 6.42 Å². The van der Waals surface area contributed by atoms with E-state index in [1.54, 1.807) is 0 Å². The zero-order chi connectivity index (χ0) is 18.4.